The second-order valence-corrected chi connectivity index (χ2v) is 4.31. The van der Waals surface area contributed by atoms with Gasteiger partial charge in [0.25, 0.3) is 0 Å². The van der Waals surface area contributed by atoms with E-state index in [2.05, 4.69) is 9.68 Å². The minimum absolute atomic E-state index is 0.0460. The first-order valence-corrected chi connectivity index (χ1v) is 5.52. The van der Waals surface area contributed by atoms with Gasteiger partial charge in [0.15, 0.2) is 0 Å². The molecule has 0 aliphatic rings. The summed E-state index contributed by atoms with van der Waals surface area (Å²) in [4.78, 5) is 10.7. The number of nitrogens with zero attached hydrogens (tertiary/aromatic N) is 1. The lowest BCUT2D eigenvalue weighted by molar-refractivity contribution is 0.0652. The van der Waals surface area contributed by atoms with Crippen molar-refractivity contribution < 1.29 is 19.5 Å². The fourth-order valence-electron chi connectivity index (χ4n) is 1.62. The number of carbonyl (C=O) groups is 1. The van der Waals surface area contributed by atoms with Gasteiger partial charge in [-0.2, -0.15) is 0 Å². The second kappa shape index (κ2) is 4.52. The van der Waals surface area contributed by atoms with E-state index < -0.39 is 5.97 Å². The Morgan fingerprint density at radius 1 is 1.33 bits per heavy atom. The molecule has 0 amide bonds. The van der Waals surface area contributed by atoms with Gasteiger partial charge in [0.1, 0.15) is 11.4 Å². The van der Waals surface area contributed by atoms with E-state index >= 15 is 0 Å². The van der Waals surface area contributed by atoms with Crippen molar-refractivity contribution in [3.63, 3.8) is 0 Å². The number of carboxylic acid groups (broad SMARTS) is 1. The highest BCUT2D eigenvalue weighted by molar-refractivity contribution is 5.86. The summed E-state index contributed by atoms with van der Waals surface area (Å²) in [6.07, 6.45) is 0. The lowest BCUT2D eigenvalue weighted by atomic mass is 9.99. The summed E-state index contributed by atoms with van der Waals surface area (Å²) in [5.41, 5.74) is 1.81. The van der Waals surface area contributed by atoms with Crippen LogP contribution in [0.25, 0.3) is 11.3 Å². The quantitative estimate of drug-likeness (QED) is 0.871. The molecule has 2 rings (SSSR count). The summed E-state index contributed by atoms with van der Waals surface area (Å²) in [5, 5.41) is 22.2. The smallest absolute Gasteiger partial charge is 0.374 e. The van der Waals surface area contributed by atoms with Crippen molar-refractivity contribution in [1.82, 2.24) is 5.16 Å². The molecule has 0 atom stereocenters. The van der Waals surface area contributed by atoms with Gasteiger partial charge in [-0.05, 0) is 23.6 Å². The number of aromatic nitrogens is 1. The number of phenolic OH excluding ortho intramolecular Hbond substituents is 1. The average Bonchev–Trinajstić information content (AvgIpc) is 2.78. The van der Waals surface area contributed by atoms with Gasteiger partial charge in [-0.25, -0.2) is 4.79 Å². The third kappa shape index (κ3) is 2.20. The number of rotatable bonds is 3. The predicted molar refractivity (Wildman–Crippen MR) is 64.7 cm³/mol. The van der Waals surface area contributed by atoms with Crippen LogP contribution >= 0.6 is 0 Å². The van der Waals surface area contributed by atoms with Gasteiger partial charge in [0.05, 0.1) is 0 Å². The number of aromatic hydroxyl groups is 1. The fourth-order valence-corrected chi connectivity index (χ4v) is 1.62. The molecule has 5 nitrogen and oxygen atoms in total. The Hall–Kier alpha value is -2.30. The maximum atomic E-state index is 10.7. The van der Waals surface area contributed by atoms with Gasteiger partial charge < -0.3 is 14.7 Å². The van der Waals surface area contributed by atoms with Crippen molar-refractivity contribution in [1.29, 1.82) is 0 Å². The van der Waals surface area contributed by atoms with E-state index in [1.165, 1.54) is 6.07 Å². The lowest BCUT2D eigenvalue weighted by Crippen LogP contribution is -1.91. The zero-order chi connectivity index (χ0) is 13.3. The van der Waals surface area contributed by atoms with Crippen LogP contribution in [0.4, 0.5) is 0 Å². The molecule has 0 aliphatic carbocycles. The van der Waals surface area contributed by atoms with E-state index in [9.17, 15) is 9.90 Å². The minimum atomic E-state index is -1.19. The molecule has 1 heterocycles. The molecule has 18 heavy (non-hydrogen) atoms. The van der Waals surface area contributed by atoms with E-state index in [1.54, 1.807) is 12.1 Å². The SMILES string of the molecule is CC(C)c1ccc(O)c(-c2cc(C(=O)O)on2)c1. The molecular weight excluding hydrogens is 234 g/mol. The highest BCUT2D eigenvalue weighted by Gasteiger charge is 2.15. The minimum Gasteiger partial charge on any atom is -0.507 e. The standard InChI is InChI=1S/C13H13NO4/c1-7(2)8-3-4-11(15)9(5-8)10-6-12(13(16)17)18-14-10/h3-7,15H,1-2H3,(H,16,17). The van der Waals surface area contributed by atoms with E-state index in [-0.39, 0.29) is 11.5 Å². The van der Waals surface area contributed by atoms with Gasteiger partial charge in [0, 0.05) is 11.6 Å². The Kier molecular flexibility index (Phi) is 3.06. The number of aromatic carboxylic acids is 1. The van der Waals surface area contributed by atoms with Crippen molar-refractivity contribution >= 4 is 5.97 Å². The number of hydrogen-bond acceptors (Lipinski definition) is 4. The Balaban J connectivity index is 2.48. The number of carboxylic acids is 1. The van der Waals surface area contributed by atoms with Crippen molar-refractivity contribution in [2.45, 2.75) is 19.8 Å². The van der Waals surface area contributed by atoms with Crippen LogP contribution in [-0.4, -0.2) is 21.3 Å². The zero-order valence-corrected chi connectivity index (χ0v) is 10.0. The zero-order valence-electron chi connectivity index (χ0n) is 10.0. The maximum absolute atomic E-state index is 10.7. The summed E-state index contributed by atoms with van der Waals surface area (Å²) < 4.78 is 4.68. The highest BCUT2D eigenvalue weighted by atomic mass is 16.5. The summed E-state index contributed by atoms with van der Waals surface area (Å²) in [6.45, 7) is 4.06. The number of phenols is 1. The Bertz CT molecular complexity index is 586. The highest BCUT2D eigenvalue weighted by Crippen LogP contribution is 2.31. The summed E-state index contributed by atoms with van der Waals surface area (Å²) in [6, 6.07) is 6.46. The third-order valence-corrected chi connectivity index (χ3v) is 2.68. The topological polar surface area (TPSA) is 83.6 Å². The predicted octanol–water partition coefficient (Wildman–Crippen LogP) is 2.87. The van der Waals surface area contributed by atoms with Crippen LogP contribution in [0.2, 0.25) is 0 Å². The monoisotopic (exact) mass is 247 g/mol. The van der Waals surface area contributed by atoms with E-state index in [0.29, 0.717) is 17.2 Å². The summed E-state index contributed by atoms with van der Waals surface area (Å²) in [7, 11) is 0. The van der Waals surface area contributed by atoms with Crippen LogP contribution in [0.15, 0.2) is 28.8 Å². The summed E-state index contributed by atoms with van der Waals surface area (Å²) in [5.74, 6) is -1.09. The first-order valence-electron chi connectivity index (χ1n) is 5.52. The van der Waals surface area contributed by atoms with E-state index in [0.717, 1.165) is 5.56 Å². The lowest BCUT2D eigenvalue weighted by Gasteiger charge is -2.08. The van der Waals surface area contributed by atoms with Crippen LogP contribution in [0.1, 0.15) is 35.9 Å². The molecule has 0 saturated carbocycles. The van der Waals surface area contributed by atoms with Gasteiger partial charge in [-0.1, -0.05) is 25.1 Å². The largest absolute Gasteiger partial charge is 0.507 e. The van der Waals surface area contributed by atoms with Crippen LogP contribution in [0.3, 0.4) is 0 Å². The Morgan fingerprint density at radius 3 is 2.61 bits per heavy atom. The van der Waals surface area contributed by atoms with Gasteiger partial charge in [-0.15, -0.1) is 0 Å². The first-order chi connectivity index (χ1) is 8.49. The maximum Gasteiger partial charge on any atom is 0.374 e. The fraction of sp³-hybridized carbons (Fsp3) is 0.231. The molecule has 5 heteroatoms. The molecule has 0 spiro atoms. The summed E-state index contributed by atoms with van der Waals surface area (Å²) >= 11 is 0. The molecule has 1 aromatic heterocycles. The molecule has 2 N–H and O–H groups in total. The van der Waals surface area contributed by atoms with Crippen molar-refractivity contribution in [2.75, 3.05) is 0 Å². The van der Waals surface area contributed by atoms with Crippen LogP contribution < -0.4 is 0 Å². The van der Waals surface area contributed by atoms with Crippen LogP contribution in [-0.2, 0) is 0 Å². The molecule has 0 bridgehead atoms. The van der Waals surface area contributed by atoms with E-state index in [1.807, 2.05) is 19.9 Å². The number of benzene rings is 1. The van der Waals surface area contributed by atoms with Gasteiger partial charge in [-0.3, -0.25) is 0 Å². The van der Waals surface area contributed by atoms with Crippen LogP contribution in [0, 0.1) is 0 Å². The molecule has 0 unspecified atom stereocenters. The van der Waals surface area contributed by atoms with Gasteiger partial charge in [0.2, 0.25) is 5.76 Å². The van der Waals surface area contributed by atoms with Gasteiger partial charge >= 0.3 is 5.97 Å². The molecular formula is C13H13NO4. The molecule has 0 radical (unpaired) electrons. The molecule has 0 saturated heterocycles. The normalized spacial score (nSPS) is 10.8. The molecule has 0 fully saturated rings. The van der Waals surface area contributed by atoms with Crippen LogP contribution in [0.5, 0.6) is 5.75 Å². The first kappa shape index (κ1) is 12.2. The van der Waals surface area contributed by atoms with Crippen molar-refractivity contribution in [3.05, 3.63) is 35.6 Å². The molecule has 0 aliphatic heterocycles. The number of hydrogen-bond donors (Lipinski definition) is 2. The molecule has 2 aromatic rings. The Morgan fingerprint density at radius 2 is 2.06 bits per heavy atom. The van der Waals surface area contributed by atoms with Crippen molar-refractivity contribution in [3.8, 4) is 17.0 Å². The second-order valence-electron chi connectivity index (χ2n) is 4.31. The third-order valence-electron chi connectivity index (χ3n) is 2.68. The molecule has 1 aromatic carbocycles. The van der Waals surface area contributed by atoms with Crippen molar-refractivity contribution in [2.24, 2.45) is 0 Å². The molecule has 94 valence electrons. The average molecular weight is 247 g/mol. The Labute approximate surface area is 104 Å². The van der Waals surface area contributed by atoms with E-state index in [4.69, 9.17) is 5.11 Å².